The molecule has 0 unspecified atom stereocenters. The summed E-state index contributed by atoms with van der Waals surface area (Å²) < 4.78 is 1.37. The van der Waals surface area contributed by atoms with E-state index in [-0.39, 0.29) is 5.56 Å². The number of aromatic amines is 1. The zero-order valence-corrected chi connectivity index (χ0v) is 14.7. The first-order chi connectivity index (χ1) is 12.1. The molecule has 2 N–H and O–H groups in total. The molecular formula is C18H17N5OS. The van der Waals surface area contributed by atoms with Crippen molar-refractivity contribution in [2.45, 2.75) is 20.4 Å². The van der Waals surface area contributed by atoms with E-state index in [4.69, 9.17) is 0 Å². The molecule has 0 atom stereocenters. The number of anilines is 1. The molecule has 0 aliphatic rings. The van der Waals surface area contributed by atoms with E-state index in [1.54, 1.807) is 11.3 Å². The molecule has 0 aliphatic heterocycles. The fourth-order valence-corrected chi connectivity index (χ4v) is 3.33. The van der Waals surface area contributed by atoms with Crippen LogP contribution in [0.5, 0.6) is 0 Å². The second kappa shape index (κ2) is 6.18. The number of hydrogen-bond acceptors (Lipinski definition) is 5. The second-order valence-corrected chi connectivity index (χ2v) is 6.82. The largest absolute Gasteiger partial charge is 0.379 e. The Kier molecular flexibility index (Phi) is 3.85. The Balaban J connectivity index is 1.64. The van der Waals surface area contributed by atoms with Crippen LogP contribution in [0.4, 0.5) is 5.69 Å². The lowest BCUT2D eigenvalue weighted by atomic mass is 10.1. The van der Waals surface area contributed by atoms with Crippen molar-refractivity contribution >= 4 is 22.8 Å². The highest BCUT2D eigenvalue weighted by molar-refractivity contribution is 7.13. The molecule has 0 fully saturated rings. The van der Waals surface area contributed by atoms with Crippen LogP contribution in [0, 0.1) is 13.8 Å². The van der Waals surface area contributed by atoms with Gasteiger partial charge in [-0.2, -0.15) is 9.50 Å². The molecule has 126 valence electrons. The fraction of sp³-hybridized carbons (Fsp3) is 0.167. The summed E-state index contributed by atoms with van der Waals surface area (Å²) in [5, 5.41) is 8.32. The minimum atomic E-state index is -0.168. The summed E-state index contributed by atoms with van der Waals surface area (Å²) >= 11 is 1.56. The average molecular weight is 351 g/mol. The highest BCUT2D eigenvalue weighted by Crippen LogP contribution is 2.21. The number of thiophene rings is 1. The maximum atomic E-state index is 12.3. The number of fused-ring (bicyclic) bond motifs is 1. The van der Waals surface area contributed by atoms with E-state index >= 15 is 0 Å². The van der Waals surface area contributed by atoms with Gasteiger partial charge in [-0.05, 0) is 42.5 Å². The summed E-state index contributed by atoms with van der Waals surface area (Å²) in [6.45, 7) is 4.62. The lowest BCUT2D eigenvalue weighted by Crippen LogP contribution is -2.17. The van der Waals surface area contributed by atoms with Crippen molar-refractivity contribution in [1.82, 2.24) is 19.6 Å². The van der Waals surface area contributed by atoms with E-state index in [9.17, 15) is 4.79 Å². The van der Waals surface area contributed by atoms with Gasteiger partial charge in [0.05, 0.1) is 17.1 Å². The number of hydrogen-bond donors (Lipinski definition) is 2. The molecule has 3 heterocycles. The SMILES string of the molecule is Cc1cccc(NCc2cc(=O)n3[nH]c(-c4cccs4)nc3n2)c1C. The second-order valence-electron chi connectivity index (χ2n) is 5.87. The number of rotatable bonds is 4. The Morgan fingerprint density at radius 3 is 2.88 bits per heavy atom. The van der Waals surface area contributed by atoms with E-state index in [0.717, 1.165) is 10.6 Å². The van der Waals surface area contributed by atoms with Crippen LogP contribution in [0.25, 0.3) is 16.5 Å². The quantitative estimate of drug-likeness (QED) is 0.591. The highest BCUT2D eigenvalue weighted by atomic mass is 32.1. The van der Waals surface area contributed by atoms with Gasteiger partial charge < -0.3 is 5.32 Å². The van der Waals surface area contributed by atoms with Crippen LogP contribution in [-0.2, 0) is 6.54 Å². The molecule has 6 nitrogen and oxygen atoms in total. The number of nitrogens with zero attached hydrogens (tertiary/aromatic N) is 3. The van der Waals surface area contributed by atoms with Crippen molar-refractivity contribution in [2.24, 2.45) is 0 Å². The predicted molar refractivity (Wildman–Crippen MR) is 100 cm³/mol. The Labute approximate surface area is 148 Å². The monoisotopic (exact) mass is 351 g/mol. The summed E-state index contributed by atoms with van der Waals surface area (Å²) in [6.07, 6.45) is 0. The first-order valence-corrected chi connectivity index (χ1v) is 8.82. The topological polar surface area (TPSA) is 75.1 Å². The minimum absolute atomic E-state index is 0.168. The number of benzene rings is 1. The average Bonchev–Trinajstić information content (AvgIpc) is 3.25. The van der Waals surface area contributed by atoms with Crippen LogP contribution in [0.1, 0.15) is 16.8 Å². The van der Waals surface area contributed by atoms with Gasteiger partial charge in [-0.3, -0.25) is 9.89 Å². The summed E-state index contributed by atoms with van der Waals surface area (Å²) in [6, 6.07) is 11.5. The molecule has 0 saturated heterocycles. The zero-order valence-electron chi connectivity index (χ0n) is 13.9. The molecular weight excluding hydrogens is 334 g/mol. The van der Waals surface area contributed by atoms with Crippen molar-refractivity contribution in [3.05, 3.63) is 69.0 Å². The molecule has 0 saturated carbocycles. The molecule has 0 amide bonds. The van der Waals surface area contributed by atoms with Crippen LogP contribution in [0.3, 0.4) is 0 Å². The van der Waals surface area contributed by atoms with Gasteiger partial charge in [0.2, 0.25) is 0 Å². The Morgan fingerprint density at radius 1 is 1.20 bits per heavy atom. The van der Waals surface area contributed by atoms with Gasteiger partial charge in [-0.25, -0.2) is 4.98 Å². The predicted octanol–water partition coefficient (Wildman–Crippen LogP) is 3.38. The van der Waals surface area contributed by atoms with Gasteiger partial charge in [0.25, 0.3) is 11.3 Å². The molecule has 4 rings (SSSR count). The van der Waals surface area contributed by atoms with Crippen LogP contribution < -0.4 is 10.9 Å². The maximum absolute atomic E-state index is 12.3. The van der Waals surface area contributed by atoms with Gasteiger partial charge in [-0.15, -0.1) is 11.3 Å². The number of aryl methyl sites for hydroxylation is 1. The minimum Gasteiger partial charge on any atom is -0.379 e. The molecule has 0 aliphatic carbocycles. The third kappa shape index (κ3) is 2.94. The van der Waals surface area contributed by atoms with Gasteiger partial charge in [-0.1, -0.05) is 18.2 Å². The van der Waals surface area contributed by atoms with Crippen molar-refractivity contribution < 1.29 is 0 Å². The van der Waals surface area contributed by atoms with Crippen LogP contribution in [0.15, 0.2) is 46.6 Å². The molecule has 3 aromatic heterocycles. The third-order valence-electron chi connectivity index (χ3n) is 4.20. The van der Waals surface area contributed by atoms with Crippen molar-refractivity contribution in [2.75, 3.05) is 5.32 Å². The first-order valence-electron chi connectivity index (χ1n) is 7.94. The van der Waals surface area contributed by atoms with E-state index < -0.39 is 0 Å². The van der Waals surface area contributed by atoms with Gasteiger partial charge in [0.15, 0.2) is 5.82 Å². The molecule has 4 aromatic rings. The standard InChI is InChI=1S/C18H17N5OS/c1-11-5-3-6-14(12(11)2)19-10-13-9-16(24)23-18(20-13)21-17(22-23)15-7-4-8-25-15/h3-9,19H,10H2,1-2H3,(H,20,21,22). The van der Waals surface area contributed by atoms with Crippen LogP contribution in [0.2, 0.25) is 0 Å². The summed E-state index contributed by atoms with van der Waals surface area (Å²) in [4.78, 5) is 22.3. The van der Waals surface area contributed by atoms with Crippen LogP contribution >= 0.6 is 11.3 Å². The summed E-state index contributed by atoms with van der Waals surface area (Å²) in [5.74, 6) is 1.04. The first kappa shape index (κ1) is 15.6. The lowest BCUT2D eigenvalue weighted by Gasteiger charge is -2.10. The molecule has 7 heteroatoms. The van der Waals surface area contributed by atoms with Crippen LogP contribution in [-0.4, -0.2) is 19.6 Å². The number of H-pyrrole nitrogens is 1. The highest BCUT2D eigenvalue weighted by Gasteiger charge is 2.10. The van der Waals surface area contributed by atoms with Gasteiger partial charge in [0, 0.05) is 11.8 Å². The normalized spacial score (nSPS) is 11.1. The Morgan fingerprint density at radius 2 is 2.08 bits per heavy atom. The van der Waals surface area contributed by atoms with E-state index in [2.05, 4.69) is 40.3 Å². The van der Waals surface area contributed by atoms with Crippen molar-refractivity contribution in [3.63, 3.8) is 0 Å². The number of aromatic nitrogens is 4. The Bertz CT molecular complexity index is 1090. The molecule has 0 bridgehead atoms. The van der Waals surface area contributed by atoms with Gasteiger partial charge >= 0.3 is 0 Å². The van der Waals surface area contributed by atoms with Gasteiger partial charge in [0.1, 0.15) is 0 Å². The van der Waals surface area contributed by atoms with E-state index in [0.29, 0.717) is 23.8 Å². The summed E-state index contributed by atoms with van der Waals surface area (Å²) in [7, 11) is 0. The third-order valence-corrected chi connectivity index (χ3v) is 5.08. The van der Waals surface area contributed by atoms with Crippen molar-refractivity contribution in [3.8, 4) is 10.7 Å². The van der Waals surface area contributed by atoms with Crippen molar-refractivity contribution in [1.29, 1.82) is 0 Å². The molecule has 1 aromatic carbocycles. The summed E-state index contributed by atoms with van der Waals surface area (Å²) in [5.41, 5.74) is 3.96. The fourth-order valence-electron chi connectivity index (χ4n) is 2.67. The molecule has 0 radical (unpaired) electrons. The smallest absolute Gasteiger partial charge is 0.274 e. The maximum Gasteiger partial charge on any atom is 0.274 e. The molecule has 0 spiro atoms. The zero-order chi connectivity index (χ0) is 17.4. The molecule has 25 heavy (non-hydrogen) atoms. The van der Waals surface area contributed by atoms with E-state index in [1.807, 2.05) is 29.6 Å². The lowest BCUT2D eigenvalue weighted by molar-refractivity contribution is 0.879. The number of nitrogens with one attached hydrogen (secondary N) is 2. The Hall–Kier alpha value is -2.93. The van der Waals surface area contributed by atoms with E-state index in [1.165, 1.54) is 21.7 Å².